The molecule has 4 bridgehead atoms. The highest BCUT2D eigenvalue weighted by Crippen LogP contribution is 2.59. The van der Waals surface area contributed by atoms with Crippen molar-refractivity contribution in [3.63, 3.8) is 0 Å². The predicted octanol–water partition coefficient (Wildman–Crippen LogP) is 6.60. The van der Waals surface area contributed by atoms with Gasteiger partial charge in [0.2, 0.25) is 11.8 Å². The van der Waals surface area contributed by atoms with Crippen molar-refractivity contribution in [2.45, 2.75) is 96.7 Å². The number of carbonyl (C=O) groups excluding carboxylic acids is 2. The normalized spacial score (nSPS) is 24.6. The Bertz CT molecular complexity index is 1840. The molecule has 2 amide bonds. The molecule has 0 radical (unpaired) electrons. The SMILES string of the molecule is CCN(C(=O)OC)[C@H]1CC2(C1)C[C@H](N1C(=O)c3cccc(c3)S(=O)(=O)Nc3nc(cc(-c4c(C)cccc4C)n3)OC[C@H]1CC(C)(C)C)C2. The molecule has 1 spiro atoms. The van der Waals surface area contributed by atoms with Gasteiger partial charge in [0.05, 0.1) is 23.7 Å². The molecule has 2 heterocycles. The fraction of sp³-hybridized carbons (Fsp3) is 0.514. The smallest absolute Gasteiger partial charge is 0.409 e. The van der Waals surface area contributed by atoms with Gasteiger partial charge in [-0.1, -0.05) is 45.0 Å². The van der Waals surface area contributed by atoms with E-state index in [0.717, 1.165) is 42.4 Å². The topological polar surface area (TPSA) is 131 Å². The predicted molar refractivity (Wildman–Crippen MR) is 187 cm³/mol. The Balaban J connectivity index is 1.39. The zero-order valence-electron chi connectivity index (χ0n) is 29.4. The van der Waals surface area contributed by atoms with Crippen LogP contribution < -0.4 is 9.46 Å². The monoisotopic (exact) mass is 689 g/mol. The van der Waals surface area contributed by atoms with Crippen LogP contribution in [0.4, 0.5) is 10.7 Å². The van der Waals surface area contributed by atoms with E-state index in [9.17, 15) is 18.0 Å². The summed E-state index contributed by atoms with van der Waals surface area (Å²) in [5, 5.41) is 0. The molecule has 0 saturated heterocycles. The average Bonchev–Trinajstić information content (AvgIpc) is 2.99. The number of nitrogens with zero attached hydrogens (tertiary/aromatic N) is 4. The van der Waals surface area contributed by atoms with Crippen LogP contribution >= 0.6 is 0 Å². The molecule has 3 aliphatic rings. The second kappa shape index (κ2) is 12.9. The molecule has 6 rings (SSSR count). The van der Waals surface area contributed by atoms with E-state index in [-0.39, 0.29) is 64.3 Å². The first-order valence-electron chi connectivity index (χ1n) is 17.0. The van der Waals surface area contributed by atoms with Crippen molar-refractivity contribution in [1.29, 1.82) is 0 Å². The van der Waals surface area contributed by atoms with Gasteiger partial charge in [0.1, 0.15) is 6.61 Å². The standard InChI is InChI=1S/C37H47N5O6S/c1-8-41(35(44)47-7)26-18-37(19-26)20-27(21-37)42-28(17-36(4,5)6)22-48-31-16-30(32-23(2)11-9-12-24(32)3)38-34(39-31)40-49(45,46)29-14-10-13-25(15-29)33(42)43/h9-16,26-28H,8,17-22H2,1-7H3,(H,38,39,40)/t26-,27-,28-,37?/m1/s1. The maximum Gasteiger partial charge on any atom is 0.409 e. The average molecular weight is 690 g/mol. The molecular formula is C37H47N5O6S. The molecule has 0 unspecified atom stereocenters. The summed E-state index contributed by atoms with van der Waals surface area (Å²) in [6.07, 6.45) is 3.64. The number of sulfonamides is 1. The van der Waals surface area contributed by atoms with Crippen LogP contribution in [-0.4, -0.2) is 78.6 Å². The first-order chi connectivity index (χ1) is 23.1. The Hall–Kier alpha value is -4.19. The first kappa shape index (κ1) is 34.7. The van der Waals surface area contributed by atoms with Crippen molar-refractivity contribution >= 4 is 28.0 Å². The molecule has 2 fully saturated rings. The fourth-order valence-corrected chi connectivity index (χ4v) is 9.04. The maximum absolute atomic E-state index is 14.6. The van der Waals surface area contributed by atoms with E-state index in [0.29, 0.717) is 24.2 Å². The van der Waals surface area contributed by atoms with Crippen molar-refractivity contribution < 1.29 is 27.5 Å². The number of hydrogen-bond donors (Lipinski definition) is 1. The number of methoxy groups -OCH3 is 1. The number of aryl methyl sites for hydroxylation is 2. The van der Waals surface area contributed by atoms with Gasteiger partial charge in [-0.15, -0.1) is 0 Å². The van der Waals surface area contributed by atoms with Gasteiger partial charge in [-0.25, -0.2) is 22.9 Å². The number of rotatable bonds is 5. The van der Waals surface area contributed by atoms with E-state index in [4.69, 9.17) is 9.47 Å². The summed E-state index contributed by atoms with van der Waals surface area (Å²) < 4.78 is 41.4. The van der Waals surface area contributed by atoms with Gasteiger partial charge in [0.25, 0.3) is 15.9 Å². The molecule has 1 aliphatic heterocycles. The van der Waals surface area contributed by atoms with E-state index in [2.05, 4.69) is 35.5 Å². The van der Waals surface area contributed by atoms with Crippen LogP contribution in [0.1, 0.15) is 81.3 Å². The lowest BCUT2D eigenvalue weighted by atomic mass is 9.51. The Morgan fingerprint density at radius 1 is 1.06 bits per heavy atom. The van der Waals surface area contributed by atoms with Crippen LogP contribution in [0.5, 0.6) is 5.88 Å². The Kier molecular flexibility index (Phi) is 9.15. The highest BCUT2D eigenvalue weighted by atomic mass is 32.2. The highest BCUT2D eigenvalue weighted by Gasteiger charge is 2.57. The highest BCUT2D eigenvalue weighted by molar-refractivity contribution is 7.92. The molecule has 1 N–H and O–H groups in total. The van der Waals surface area contributed by atoms with Gasteiger partial charge in [-0.2, -0.15) is 4.98 Å². The minimum absolute atomic E-state index is 0.0440. The van der Waals surface area contributed by atoms with Gasteiger partial charge in [0.15, 0.2) is 0 Å². The van der Waals surface area contributed by atoms with Crippen LogP contribution in [0.2, 0.25) is 0 Å². The third-order valence-corrected chi connectivity index (χ3v) is 11.5. The zero-order chi connectivity index (χ0) is 35.3. The molecule has 2 aromatic carbocycles. The molecular weight excluding hydrogens is 643 g/mol. The number of nitrogens with one attached hydrogen (secondary N) is 1. The number of hydrogen-bond acceptors (Lipinski definition) is 8. The molecule has 12 heteroatoms. The number of benzene rings is 2. The molecule has 2 saturated carbocycles. The minimum atomic E-state index is -4.16. The molecule has 49 heavy (non-hydrogen) atoms. The number of anilines is 1. The molecule has 1 atom stereocenters. The maximum atomic E-state index is 14.6. The number of amides is 2. The number of carbonyl (C=O) groups is 2. The van der Waals surface area contributed by atoms with Crippen molar-refractivity contribution in [1.82, 2.24) is 19.8 Å². The molecule has 3 aromatic rings. The van der Waals surface area contributed by atoms with E-state index < -0.39 is 10.0 Å². The van der Waals surface area contributed by atoms with Gasteiger partial charge in [-0.3, -0.25) is 4.79 Å². The third kappa shape index (κ3) is 6.97. The van der Waals surface area contributed by atoms with E-state index >= 15 is 0 Å². The number of ether oxygens (including phenoxy) is 2. The Labute approximate surface area is 289 Å². The number of aromatic nitrogens is 2. The molecule has 262 valence electrons. The minimum Gasteiger partial charge on any atom is -0.475 e. The van der Waals surface area contributed by atoms with Crippen LogP contribution in [0, 0.1) is 24.7 Å². The summed E-state index contributed by atoms with van der Waals surface area (Å²) >= 11 is 0. The largest absolute Gasteiger partial charge is 0.475 e. The van der Waals surface area contributed by atoms with Gasteiger partial charge >= 0.3 is 6.09 Å². The third-order valence-electron chi connectivity index (χ3n) is 10.2. The number of fused-ring (bicyclic) bond motifs is 4. The molecule has 1 aromatic heterocycles. The molecule has 11 nitrogen and oxygen atoms in total. The quantitative estimate of drug-likeness (QED) is 0.317. The van der Waals surface area contributed by atoms with Crippen molar-refractivity contribution in [3.8, 4) is 17.1 Å². The van der Waals surface area contributed by atoms with Crippen LogP contribution in [0.15, 0.2) is 53.4 Å². The lowest BCUT2D eigenvalue weighted by molar-refractivity contribution is -0.101. The first-order valence-corrected chi connectivity index (χ1v) is 18.5. The lowest BCUT2D eigenvalue weighted by Gasteiger charge is -2.62. The lowest BCUT2D eigenvalue weighted by Crippen LogP contribution is -2.64. The van der Waals surface area contributed by atoms with Gasteiger partial charge in [-0.05, 0) is 93.0 Å². The summed E-state index contributed by atoms with van der Waals surface area (Å²) in [5.41, 5.74) is 3.56. The molecule has 2 aliphatic carbocycles. The summed E-state index contributed by atoms with van der Waals surface area (Å²) in [6.45, 7) is 13.1. The van der Waals surface area contributed by atoms with E-state index in [1.807, 2.05) is 43.9 Å². The van der Waals surface area contributed by atoms with Crippen molar-refractivity contribution in [2.24, 2.45) is 10.8 Å². The summed E-state index contributed by atoms with van der Waals surface area (Å²) in [6, 6.07) is 13.5. The van der Waals surface area contributed by atoms with Crippen LogP contribution in [0.3, 0.4) is 0 Å². The van der Waals surface area contributed by atoms with Gasteiger partial charge in [0, 0.05) is 35.8 Å². The summed E-state index contributed by atoms with van der Waals surface area (Å²) in [5.74, 6) is -0.121. The zero-order valence-corrected chi connectivity index (χ0v) is 30.3. The Morgan fingerprint density at radius 2 is 1.73 bits per heavy atom. The Morgan fingerprint density at radius 3 is 2.37 bits per heavy atom. The van der Waals surface area contributed by atoms with Crippen LogP contribution in [0.25, 0.3) is 11.3 Å². The van der Waals surface area contributed by atoms with E-state index in [1.54, 1.807) is 23.1 Å². The fourth-order valence-electron chi connectivity index (χ4n) is 8.06. The van der Waals surface area contributed by atoms with Crippen molar-refractivity contribution in [2.75, 3.05) is 25.0 Å². The van der Waals surface area contributed by atoms with E-state index in [1.165, 1.54) is 19.2 Å². The summed E-state index contributed by atoms with van der Waals surface area (Å²) in [7, 11) is -2.75. The second-order valence-corrected chi connectivity index (χ2v) is 16.8. The summed E-state index contributed by atoms with van der Waals surface area (Å²) in [4.78, 5) is 39.7. The van der Waals surface area contributed by atoms with Crippen molar-refractivity contribution in [3.05, 3.63) is 65.2 Å². The van der Waals surface area contributed by atoms with Gasteiger partial charge < -0.3 is 19.3 Å². The second-order valence-electron chi connectivity index (χ2n) is 15.1. The van der Waals surface area contributed by atoms with Crippen LogP contribution in [-0.2, 0) is 14.8 Å².